The zero-order valence-electron chi connectivity index (χ0n) is 9.56. The Kier molecular flexibility index (Phi) is 6.66. The molecule has 0 saturated heterocycles. The van der Waals surface area contributed by atoms with Gasteiger partial charge in [0.1, 0.15) is 12.3 Å². The molecule has 7 nitrogen and oxygen atoms in total. The van der Waals surface area contributed by atoms with Crippen molar-refractivity contribution in [3.8, 4) is 0 Å². The number of nitrogens with zero attached hydrogens (tertiary/aromatic N) is 1. The van der Waals surface area contributed by atoms with Crippen LogP contribution < -0.4 is 5.43 Å². The number of carbonyl (C=O) groups excluding carboxylic acids is 3. The number of hydrogen-bond donors (Lipinski definition) is 1. The third-order valence-corrected chi connectivity index (χ3v) is 1.56. The van der Waals surface area contributed by atoms with Crippen LogP contribution in [0.1, 0.15) is 20.8 Å². The van der Waals surface area contributed by atoms with Crippen molar-refractivity contribution in [2.24, 2.45) is 0 Å². The molecule has 0 fully saturated rings. The molecular formula is C9H16N2O5. The lowest BCUT2D eigenvalue weighted by Crippen LogP contribution is -2.51. The summed E-state index contributed by atoms with van der Waals surface area (Å²) in [5.41, 5.74) is 2.12. The lowest BCUT2D eigenvalue weighted by atomic mass is 10.4. The van der Waals surface area contributed by atoms with Crippen molar-refractivity contribution in [2.75, 3.05) is 13.2 Å². The molecule has 0 aliphatic heterocycles. The maximum Gasteiger partial charge on any atom is 0.429 e. The molecule has 0 radical (unpaired) electrons. The number of aldehydes is 1. The van der Waals surface area contributed by atoms with Crippen LogP contribution in [0, 0.1) is 0 Å². The molecule has 0 spiro atoms. The number of nitrogens with one attached hydrogen (secondary N) is 1. The van der Waals surface area contributed by atoms with Crippen LogP contribution in [0.2, 0.25) is 0 Å². The fraction of sp³-hybridized carbons (Fsp3) is 0.667. The molecule has 0 rings (SSSR count). The summed E-state index contributed by atoms with van der Waals surface area (Å²) in [5, 5.41) is 0.772. The first-order chi connectivity index (χ1) is 7.56. The first-order valence-electron chi connectivity index (χ1n) is 4.91. The summed E-state index contributed by atoms with van der Waals surface area (Å²) in [6, 6.07) is -0.830. The average molecular weight is 232 g/mol. The summed E-state index contributed by atoms with van der Waals surface area (Å²) in [6.07, 6.45) is -1.12. The Morgan fingerprint density at radius 3 is 2.31 bits per heavy atom. The largest absolute Gasteiger partial charge is 0.449 e. The fourth-order valence-electron chi connectivity index (χ4n) is 0.829. The minimum atomic E-state index is -0.830. The van der Waals surface area contributed by atoms with Crippen molar-refractivity contribution < 1.29 is 23.9 Å². The van der Waals surface area contributed by atoms with Crippen molar-refractivity contribution in [2.45, 2.75) is 26.8 Å². The van der Waals surface area contributed by atoms with Crippen molar-refractivity contribution in [3.05, 3.63) is 0 Å². The molecule has 1 N–H and O–H groups in total. The highest BCUT2D eigenvalue weighted by Gasteiger charge is 2.23. The highest BCUT2D eigenvalue weighted by atomic mass is 16.6. The van der Waals surface area contributed by atoms with Gasteiger partial charge in [0.2, 0.25) is 0 Å². The molecule has 1 atom stereocenters. The monoisotopic (exact) mass is 232 g/mol. The van der Waals surface area contributed by atoms with Gasteiger partial charge in [0.25, 0.3) is 0 Å². The van der Waals surface area contributed by atoms with Gasteiger partial charge in [-0.15, -0.1) is 0 Å². The van der Waals surface area contributed by atoms with Crippen LogP contribution in [0.3, 0.4) is 0 Å². The fourth-order valence-corrected chi connectivity index (χ4v) is 0.829. The van der Waals surface area contributed by atoms with Gasteiger partial charge in [-0.1, -0.05) is 0 Å². The molecule has 0 aromatic rings. The van der Waals surface area contributed by atoms with Crippen LogP contribution in [-0.2, 0) is 14.3 Å². The third-order valence-electron chi connectivity index (χ3n) is 1.56. The Labute approximate surface area is 93.7 Å². The van der Waals surface area contributed by atoms with Gasteiger partial charge in [-0.25, -0.2) is 20.0 Å². The van der Waals surface area contributed by atoms with E-state index in [4.69, 9.17) is 0 Å². The van der Waals surface area contributed by atoms with Gasteiger partial charge >= 0.3 is 12.2 Å². The van der Waals surface area contributed by atoms with E-state index in [1.165, 1.54) is 6.92 Å². The first kappa shape index (κ1) is 14.2. The summed E-state index contributed by atoms with van der Waals surface area (Å²) in [7, 11) is 0. The highest BCUT2D eigenvalue weighted by molar-refractivity contribution is 5.77. The van der Waals surface area contributed by atoms with E-state index in [1.807, 2.05) is 0 Å². The lowest BCUT2D eigenvalue weighted by molar-refractivity contribution is -0.112. The molecule has 0 unspecified atom stereocenters. The zero-order chi connectivity index (χ0) is 12.6. The normalized spacial score (nSPS) is 11.2. The number of rotatable bonds is 4. The maximum atomic E-state index is 11.4. The Morgan fingerprint density at radius 1 is 1.31 bits per heavy atom. The van der Waals surface area contributed by atoms with Crippen molar-refractivity contribution >= 4 is 18.5 Å². The van der Waals surface area contributed by atoms with E-state index in [9.17, 15) is 14.4 Å². The standard InChI is InChI=1S/C9H16N2O5/c1-4-15-8(13)10-11(7(3)6-12)9(14)16-5-2/h6-7H,4-5H2,1-3H3,(H,10,13)/t7-/m0/s1. The van der Waals surface area contributed by atoms with Crippen molar-refractivity contribution in [1.82, 2.24) is 10.4 Å². The molecule has 92 valence electrons. The summed E-state index contributed by atoms with van der Waals surface area (Å²) < 4.78 is 9.24. The highest BCUT2D eigenvalue weighted by Crippen LogP contribution is 1.97. The van der Waals surface area contributed by atoms with E-state index in [2.05, 4.69) is 14.9 Å². The van der Waals surface area contributed by atoms with E-state index in [1.54, 1.807) is 13.8 Å². The molecule has 0 aliphatic rings. The van der Waals surface area contributed by atoms with E-state index in [0.29, 0.717) is 6.29 Å². The minimum absolute atomic E-state index is 0.144. The van der Waals surface area contributed by atoms with Crippen molar-refractivity contribution in [3.63, 3.8) is 0 Å². The number of hydrogen-bond acceptors (Lipinski definition) is 5. The quantitative estimate of drug-likeness (QED) is 0.569. The Hall–Kier alpha value is -1.79. The van der Waals surface area contributed by atoms with Gasteiger partial charge in [-0.05, 0) is 20.8 Å². The van der Waals surface area contributed by atoms with E-state index in [-0.39, 0.29) is 13.2 Å². The molecule has 0 bridgehead atoms. The molecule has 2 amide bonds. The van der Waals surface area contributed by atoms with Gasteiger partial charge in [0.15, 0.2) is 0 Å². The smallest absolute Gasteiger partial charge is 0.429 e. The van der Waals surface area contributed by atoms with E-state index < -0.39 is 18.2 Å². The topological polar surface area (TPSA) is 84.9 Å². The van der Waals surface area contributed by atoms with Gasteiger partial charge in [-0.3, -0.25) is 0 Å². The first-order valence-corrected chi connectivity index (χ1v) is 4.91. The molecule has 0 saturated carbocycles. The molecule has 0 heterocycles. The SMILES string of the molecule is CCOC(=O)NN(C(=O)OCC)[C@@H](C)C=O. The van der Waals surface area contributed by atoms with Gasteiger partial charge in [0.05, 0.1) is 13.2 Å². The zero-order valence-corrected chi connectivity index (χ0v) is 9.56. The van der Waals surface area contributed by atoms with Crippen LogP contribution in [0.5, 0.6) is 0 Å². The van der Waals surface area contributed by atoms with Crippen LogP contribution in [-0.4, -0.2) is 42.7 Å². The van der Waals surface area contributed by atoms with Crippen LogP contribution in [0.25, 0.3) is 0 Å². The predicted octanol–water partition coefficient (Wildman–Crippen LogP) is 0.693. The van der Waals surface area contributed by atoms with Crippen LogP contribution in [0.15, 0.2) is 0 Å². The second-order valence-electron chi connectivity index (χ2n) is 2.78. The van der Waals surface area contributed by atoms with E-state index in [0.717, 1.165) is 5.01 Å². The number of carbonyl (C=O) groups is 3. The number of ether oxygens (including phenoxy) is 2. The summed E-state index contributed by atoms with van der Waals surface area (Å²) in [5.74, 6) is 0. The van der Waals surface area contributed by atoms with Crippen molar-refractivity contribution in [1.29, 1.82) is 0 Å². The lowest BCUT2D eigenvalue weighted by Gasteiger charge is -2.24. The van der Waals surface area contributed by atoms with Crippen LogP contribution in [0.4, 0.5) is 9.59 Å². The van der Waals surface area contributed by atoms with Gasteiger partial charge < -0.3 is 14.3 Å². The molecule has 0 aromatic carbocycles. The second kappa shape index (κ2) is 7.49. The number of hydrazine groups is 1. The molecule has 0 aromatic heterocycles. The summed E-state index contributed by atoms with van der Waals surface area (Å²) >= 11 is 0. The molecular weight excluding hydrogens is 216 g/mol. The number of amides is 2. The average Bonchev–Trinajstić information content (AvgIpc) is 2.25. The van der Waals surface area contributed by atoms with E-state index >= 15 is 0 Å². The summed E-state index contributed by atoms with van der Waals surface area (Å²) in [6.45, 7) is 4.99. The van der Waals surface area contributed by atoms with Gasteiger partial charge in [0, 0.05) is 0 Å². The Morgan fingerprint density at radius 2 is 1.88 bits per heavy atom. The summed E-state index contributed by atoms with van der Waals surface area (Å²) in [4.78, 5) is 33.0. The Balaban J connectivity index is 4.48. The molecule has 7 heteroatoms. The van der Waals surface area contributed by atoms with Crippen LogP contribution >= 0.6 is 0 Å². The predicted molar refractivity (Wildman–Crippen MR) is 54.5 cm³/mol. The molecule has 0 aliphatic carbocycles. The Bertz CT molecular complexity index is 256. The molecule has 16 heavy (non-hydrogen) atoms. The third kappa shape index (κ3) is 4.63. The second-order valence-corrected chi connectivity index (χ2v) is 2.78. The van der Waals surface area contributed by atoms with Gasteiger partial charge in [-0.2, -0.15) is 0 Å². The maximum absolute atomic E-state index is 11.4. The minimum Gasteiger partial charge on any atom is -0.449 e.